The molecule has 9 heteroatoms. The van der Waals surface area contributed by atoms with Crippen molar-refractivity contribution in [2.75, 3.05) is 38.3 Å². The van der Waals surface area contributed by atoms with E-state index in [-0.39, 0.29) is 5.91 Å². The van der Waals surface area contributed by atoms with Crippen LogP contribution in [0.1, 0.15) is 28.9 Å². The molecular formula is C24H30N6O3. The largest absolute Gasteiger partial charge is 0.497 e. The summed E-state index contributed by atoms with van der Waals surface area (Å²) in [5.41, 5.74) is 3.93. The molecule has 1 fully saturated rings. The number of amides is 1. The van der Waals surface area contributed by atoms with Crippen molar-refractivity contribution < 1.29 is 14.3 Å². The second-order valence-corrected chi connectivity index (χ2v) is 8.04. The highest BCUT2D eigenvalue weighted by Gasteiger charge is 2.17. The Bertz CT molecular complexity index is 1090. The van der Waals surface area contributed by atoms with E-state index in [1.807, 2.05) is 50.2 Å². The molecule has 1 aromatic carbocycles. The summed E-state index contributed by atoms with van der Waals surface area (Å²) in [6.07, 6.45) is 1.000. The van der Waals surface area contributed by atoms with Crippen LogP contribution in [0.5, 0.6) is 5.75 Å². The zero-order chi connectivity index (χ0) is 23.2. The maximum atomic E-state index is 12.4. The maximum absolute atomic E-state index is 12.4. The van der Waals surface area contributed by atoms with Gasteiger partial charge < -0.3 is 19.7 Å². The smallest absolute Gasteiger partial charge is 0.220 e. The van der Waals surface area contributed by atoms with Crippen LogP contribution >= 0.6 is 0 Å². The van der Waals surface area contributed by atoms with E-state index in [1.165, 1.54) is 0 Å². The van der Waals surface area contributed by atoms with Crippen molar-refractivity contribution in [1.82, 2.24) is 25.3 Å². The van der Waals surface area contributed by atoms with Gasteiger partial charge in [-0.25, -0.2) is 4.68 Å². The predicted molar refractivity (Wildman–Crippen MR) is 125 cm³/mol. The Balaban J connectivity index is 1.36. The first-order chi connectivity index (χ1) is 16.0. The lowest BCUT2D eigenvalue weighted by Crippen LogP contribution is -2.36. The van der Waals surface area contributed by atoms with E-state index in [2.05, 4.69) is 25.5 Å². The van der Waals surface area contributed by atoms with Gasteiger partial charge in [-0.05, 0) is 55.7 Å². The van der Waals surface area contributed by atoms with Crippen molar-refractivity contribution in [3.8, 4) is 11.6 Å². The van der Waals surface area contributed by atoms with Crippen LogP contribution in [0.2, 0.25) is 0 Å². The van der Waals surface area contributed by atoms with Crippen LogP contribution in [0.4, 0.5) is 5.82 Å². The van der Waals surface area contributed by atoms with E-state index in [0.29, 0.717) is 38.4 Å². The lowest BCUT2D eigenvalue weighted by molar-refractivity contribution is -0.121. The molecule has 9 nitrogen and oxygen atoms in total. The van der Waals surface area contributed by atoms with Gasteiger partial charge in [0.15, 0.2) is 11.6 Å². The van der Waals surface area contributed by atoms with Crippen LogP contribution in [0.3, 0.4) is 0 Å². The number of hydrogen-bond acceptors (Lipinski definition) is 7. The summed E-state index contributed by atoms with van der Waals surface area (Å²) in [4.78, 5) is 14.6. The molecule has 0 spiro atoms. The van der Waals surface area contributed by atoms with Crippen molar-refractivity contribution in [2.45, 2.75) is 33.2 Å². The molecule has 174 valence electrons. The summed E-state index contributed by atoms with van der Waals surface area (Å²) < 4.78 is 12.4. The Morgan fingerprint density at radius 1 is 1.12 bits per heavy atom. The number of benzene rings is 1. The maximum Gasteiger partial charge on any atom is 0.220 e. The third-order valence-corrected chi connectivity index (χ3v) is 5.86. The summed E-state index contributed by atoms with van der Waals surface area (Å²) in [6, 6.07) is 11.6. The number of ether oxygens (including phenoxy) is 2. The number of nitrogens with zero attached hydrogens (tertiary/aromatic N) is 5. The van der Waals surface area contributed by atoms with Crippen LogP contribution < -0.4 is 15.0 Å². The Hall–Kier alpha value is -3.46. The minimum atomic E-state index is -0.000902. The average Bonchev–Trinajstić information content (AvgIpc) is 3.15. The zero-order valence-corrected chi connectivity index (χ0v) is 19.4. The Morgan fingerprint density at radius 3 is 2.61 bits per heavy atom. The fourth-order valence-corrected chi connectivity index (χ4v) is 3.96. The van der Waals surface area contributed by atoms with Crippen LogP contribution in [0.15, 0.2) is 36.4 Å². The monoisotopic (exact) mass is 450 g/mol. The molecule has 3 heterocycles. The number of carbonyl (C=O) groups is 1. The van der Waals surface area contributed by atoms with Gasteiger partial charge in [-0.15, -0.1) is 10.2 Å². The second-order valence-electron chi connectivity index (χ2n) is 8.04. The SMILES string of the molecule is COc1cccc(CNC(=O)CCc2c(C)nn(-c3ccc(N4CCOCC4)nn3)c2C)c1. The van der Waals surface area contributed by atoms with Gasteiger partial charge in [-0.1, -0.05) is 12.1 Å². The number of rotatable bonds is 8. The number of carbonyl (C=O) groups excluding carboxylic acids is 1. The van der Waals surface area contributed by atoms with E-state index >= 15 is 0 Å². The fraction of sp³-hybridized carbons (Fsp3) is 0.417. The molecule has 33 heavy (non-hydrogen) atoms. The average molecular weight is 451 g/mol. The summed E-state index contributed by atoms with van der Waals surface area (Å²) in [5.74, 6) is 2.29. The summed E-state index contributed by atoms with van der Waals surface area (Å²) >= 11 is 0. The molecule has 1 aliphatic rings. The van der Waals surface area contributed by atoms with E-state index in [1.54, 1.807) is 11.8 Å². The van der Waals surface area contributed by atoms with Gasteiger partial charge >= 0.3 is 0 Å². The fourth-order valence-electron chi connectivity index (χ4n) is 3.96. The minimum Gasteiger partial charge on any atom is -0.497 e. The van der Waals surface area contributed by atoms with Gasteiger partial charge in [0.1, 0.15) is 5.75 Å². The highest BCUT2D eigenvalue weighted by Crippen LogP contribution is 2.20. The topological polar surface area (TPSA) is 94.4 Å². The van der Waals surface area contributed by atoms with Gasteiger partial charge in [0.25, 0.3) is 0 Å². The molecule has 4 rings (SSSR count). The number of anilines is 1. The second kappa shape index (κ2) is 10.4. The van der Waals surface area contributed by atoms with Crippen LogP contribution in [0, 0.1) is 13.8 Å². The molecule has 0 atom stereocenters. The van der Waals surface area contributed by atoms with Gasteiger partial charge in [0.05, 0.1) is 26.0 Å². The number of hydrogen-bond donors (Lipinski definition) is 1. The molecule has 2 aromatic heterocycles. The molecule has 1 N–H and O–H groups in total. The van der Waals surface area contributed by atoms with E-state index in [4.69, 9.17) is 9.47 Å². The standard InChI is InChI=1S/C24H30N6O3/c1-17-21(7-10-24(31)25-16-19-5-4-6-20(15-19)32-3)18(2)30(28-17)23-9-8-22(26-27-23)29-11-13-33-14-12-29/h4-6,8-9,15H,7,10-14,16H2,1-3H3,(H,25,31). The Morgan fingerprint density at radius 2 is 1.88 bits per heavy atom. The van der Waals surface area contributed by atoms with E-state index in [9.17, 15) is 4.79 Å². The van der Waals surface area contributed by atoms with E-state index in [0.717, 1.165) is 47.2 Å². The molecule has 1 saturated heterocycles. The third-order valence-electron chi connectivity index (χ3n) is 5.86. The van der Waals surface area contributed by atoms with Crippen LogP contribution in [0.25, 0.3) is 5.82 Å². The highest BCUT2D eigenvalue weighted by molar-refractivity contribution is 5.76. The molecule has 0 radical (unpaired) electrons. The van der Waals surface area contributed by atoms with Gasteiger partial charge in [-0.2, -0.15) is 5.10 Å². The third kappa shape index (κ3) is 5.48. The lowest BCUT2D eigenvalue weighted by atomic mass is 10.1. The molecule has 3 aromatic rings. The van der Waals surface area contributed by atoms with Crippen molar-refractivity contribution >= 4 is 11.7 Å². The first-order valence-electron chi connectivity index (χ1n) is 11.2. The quantitative estimate of drug-likeness (QED) is 0.563. The van der Waals surface area contributed by atoms with Gasteiger partial charge in [0, 0.05) is 31.7 Å². The number of morpholine rings is 1. The number of methoxy groups -OCH3 is 1. The predicted octanol–water partition coefficient (Wildman–Crippen LogP) is 2.37. The van der Waals surface area contributed by atoms with E-state index < -0.39 is 0 Å². The molecular weight excluding hydrogens is 420 g/mol. The van der Waals surface area contributed by atoms with Crippen LogP contribution in [-0.4, -0.2) is 59.3 Å². The highest BCUT2D eigenvalue weighted by atomic mass is 16.5. The Kier molecular flexibility index (Phi) is 7.19. The molecule has 0 aliphatic carbocycles. The van der Waals surface area contributed by atoms with Crippen molar-refractivity contribution in [3.63, 3.8) is 0 Å². The normalized spacial score (nSPS) is 13.7. The number of aromatic nitrogens is 4. The Labute approximate surface area is 193 Å². The van der Waals surface area contributed by atoms with Crippen molar-refractivity contribution in [1.29, 1.82) is 0 Å². The van der Waals surface area contributed by atoms with Gasteiger partial charge in [0.2, 0.25) is 5.91 Å². The van der Waals surface area contributed by atoms with Crippen molar-refractivity contribution in [3.05, 3.63) is 58.9 Å². The number of aryl methyl sites for hydroxylation is 1. The summed E-state index contributed by atoms with van der Waals surface area (Å²) in [5, 5.41) is 16.4. The van der Waals surface area contributed by atoms with Crippen LogP contribution in [-0.2, 0) is 22.5 Å². The summed E-state index contributed by atoms with van der Waals surface area (Å²) in [7, 11) is 1.63. The van der Waals surface area contributed by atoms with Gasteiger partial charge in [-0.3, -0.25) is 4.79 Å². The molecule has 1 amide bonds. The first-order valence-corrected chi connectivity index (χ1v) is 11.2. The minimum absolute atomic E-state index is 0.000902. The summed E-state index contributed by atoms with van der Waals surface area (Å²) in [6.45, 7) is 7.48. The molecule has 0 bridgehead atoms. The molecule has 0 saturated carbocycles. The lowest BCUT2D eigenvalue weighted by Gasteiger charge is -2.27. The molecule has 1 aliphatic heterocycles. The number of nitrogens with one attached hydrogen (secondary N) is 1. The molecule has 0 unspecified atom stereocenters. The van der Waals surface area contributed by atoms with Crippen molar-refractivity contribution in [2.24, 2.45) is 0 Å². The first kappa shape index (κ1) is 22.7. The zero-order valence-electron chi connectivity index (χ0n) is 19.4.